The fourth-order valence-electron chi connectivity index (χ4n) is 1.58. The summed E-state index contributed by atoms with van der Waals surface area (Å²) in [6.45, 7) is 3.25. The summed E-state index contributed by atoms with van der Waals surface area (Å²) in [4.78, 5) is 38.5. The minimum atomic E-state index is -0.680. The number of esters is 1. The molecule has 21 heavy (non-hydrogen) atoms. The van der Waals surface area contributed by atoms with E-state index < -0.39 is 18.1 Å². The van der Waals surface area contributed by atoms with Gasteiger partial charge < -0.3 is 14.5 Å². The Bertz CT molecular complexity index is 379. The molecule has 0 aliphatic heterocycles. The Morgan fingerprint density at radius 2 is 1.67 bits per heavy atom. The van der Waals surface area contributed by atoms with Gasteiger partial charge in [0, 0.05) is 26.3 Å². The Morgan fingerprint density at radius 3 is 2.14 bits per heavy atom. The zero-order valence-corrected chi connectivity index (χ0v) is 15.0. The summed E-state index contributed by atoms with van der Waals surface area (Å²) in [5.41, 5.74) is 0. The quantitative estimate of drug-likeness (QED) is 0.378. The van der Waals surface area contributed by atoms with E-state index in [-0.39, 0.29) is 11.8 Å². The highest BCUT2D eigenvalue weighted by molar-refractivity contribution is 8.76. The second-order valence-corrected chi connectivity index (χ2v) is 7.25. The van der Waals surface area contributed by atoms with Gasteiger partial charge in [-0.1, -0.05) is 21.6 Å². The first kappa shape index (κ1) is 20.1. The van der Waals surface area contributed by atoms with Crippen LogP contribution in [0.2, 0.25) is 0 Å². The van der Waals surface area contributed by atoms with E-state index in [1.807, 2.05) is 6.26 Å². The van der Waals surface area contributed by atoms with E-state index in [0.29, 0.717) is 12.2 Å². The number of nitrogens with zero attached hydrogens (tertiary/aromatic N) is 2. The molecule has 2 amide bonds. The summed E-state index contributed by atoms with van der Waals surface area (Å²) in [7, 11) is 7.62. The first-order valence-electron chi connectivity index (χ1n) is 6.53. The van der Waals surface area contributed by atoms with Crippen molar-refractivity contribution in [2.75, 3.05) is 33.2 Å². The summed E-state index contributed by atoms with van der Waals surface area (Å²) in [5, 5.41) is 0. The van der Waals surface area contributed by atoms with E-state index in [1.165, 1.54) is 24.0 Å². The lowest BCUT2D eigenvalue weighted by Crippen LogP contribution is -2.51. The Balaban J connectivity index is 4.60. The second kappa shape index (κ2) is 9.94. The molecule has 6 nitrogen and oxygen atoms in total. The Labute approximate surface area is 134 Å². The molecular weight excluding hydrogens is 312 g/mol. The summed E-state index contributed by atoms with van der Waals surface area (Å²) in [5.74, 6) is -0.152. The van der Waals surface area contributed by atoms with Crippen molar-refractivity contribution < 1.29 is 19.1 Å². The van der Waals surface area contributed by atoms with Gasteiger partial charge in [-0.05, 0) is 20.1 Å². The van der Waals surface area contributed by atoms with Crippen molar-refractivity contribution >= 4 is 39.4 Å². The molecule has 0 spiro atoms. The van der Waals surface area contributed by atoms with E-state index in [4.69, 9.17) is 0 Å². The van der Waals surface area contributed by atoms with Crippen molar-refractivity contribution in [2.24, 2.45) is 0 Å². The first-order valence-corrected chi connectivity index (χ1v) is 9.26. The molecule has 0 heterocycles. The molecule has 122 valence electrons. The average Bonchev–Trinajstić information content (AvgIpc) is 2.50. The predicted octanol–water partition coefficient (Wildman–Crippen LogP) is 1.25. The van der Waals surface area contributed by atoms with Gasteiger partial charge in [-0.15, -0.1) is 0 Å². The largest absolute Gasteiger partial charge is 0.467 e. The molecule has 0 aliphatic rings. The summed E-state index contributed by atoms with van der Waals surface area (Å²) in [6, 6.07) is -1.30. The standard InChI is InChI=1S/C13H24N2O4S2/c1-9(14(3)11(16)7-8-21-20-6)12(17)15(4)10(2)13(18)19-5/h9-10H,7-8H2,1-6H3. The Morgan fingerprint density at radius 1 is 1.10 bits per heavy atom. The van der Waals surface area contributed by atoms with Gasteiger partial charge in [0.15, 0.2) is 0 Å². The smallest absolute Gasteiger partial charge is 0.328 e. The summed E-state index contributed by atoms with van der Waals surface area (Å²) >= 11 is 0. The molecule has 0 aromatic heterocycles. The third-order valence-corrected chi connectivity index (χ3v) is 5.13. The van der Waals surface area contributed by atoms with Crippen molar-refractivity contribution in [1.29, 1.82) is 0 Å². The molecule has 0 saturated heterocycles. The molecule has 2 atom stereocenters. The van der Waals surface area contributed by atoms with Crippen LogP contribution >= 0.6 is 21.6 Å². The fourth-order valence-corrected chi connectivity index (χ4v) is 2.76. The van der Waals surface area contributed by atoms with Gasteiger partial charge in [0.25, 0.3) is 0 Å². The molecule has 0 radical (unpaired) electrons. The minimum absolute atomic E-state index is 0.0866. The zero-order chi connectivity index (χ0) is 16.6. The molecule has 0 bridgehead atoms. The molecule has 0 N–H and O–H groups in total. The lowest BCUT2D eigenvalue weighted by molar-refractivity contribution is -0.153. The number of rotatable bonds is 8. The summed E-state index contributed by atoms with van der Waals surface area (Å²) < 4.78 is 4.62. The van der Waals surface area contributed by atoms with Gasteiger partial charge in [-0.2, -0.15) is 0 Å². The van der Waals surface area contributed by atoms with Crippen LogP contribution in [0.25, 0.3) is 0 Å². The maximum atomic E-state index is 12.3. The van der Waals surface area contributed by atoms with Crippen molar-refractivity contribution in [2.45, 2.75) is 32.4 Å². The number of amides is 2. The van der Waals surface area contributed by atoms with Crippen molar-refractivity contribution in [3.05, 3.63) is 0 Å². The number of hydrogen-bond acceptors (Lipinski definition) is 6. The van der Waals surface area contributed by atoms with E-state index in [9.17, 15) is 14.4 Å². The third-order valence-electron chi connectivity index (χ3n) is 3.32. The Hall–Kier alpha value is -0.890. The van der Waals surface area contributed by atoms with E-state index >= 15 is 0 Å². The first-order chi connectivity index (χ1) is 9.77. The van der Waals surface area contributed by atoms with E-state index in [1.54, 1.807) is 42.5 Å². The van der Waals surface area contributed by atoms with Crippen LogP contribution in [0.1, 0.15) is 20.3 Å². The lowest BCUT2D eigenvalue weighted by atomic mass is 10.2. The number of likely N-dealkylation sites (N-methyl/N-ethyl adjacent to an activating group) is 2. The molecule has 0 aromatic carbocycles. The molecule has 0 fully saturated rings. The normalized spacial score (nSPS) is 13.2. The van der Waals surface area contributed by atoms with Gasteiger partial charge in [-0.3, -0.25) is 9.59 Å². The molecule has 0 rings (SSSR count). The van der Waals surface area contributed by atoms with Crippen LogP contribution in [0, 0.1) is 0 Å². The molecule has 0 aliphatic carbocycles. The maximum Gasteiger partial charge on any atom is 0.328 e. The topological polar surface area (TPSA) is 66.9 Å². The third kappa shape index (κ3) is 6.17. The number of ether oxygens (including phenoxy) is 1. The van der Waals surface area contributed by atoms with Gasteiger partial charge in [0.2, 0.25) is 11.8 Å². The van der Waals surface area contributed by atoms with Crippen LogP contribution < -0.4 is 0 Å². The molecule has 8 heteroatoms. The van der Waals surface area contributed by atoms with Crippen LogP contribution in [-0.4, -0.2) is 72.9 Å². The minimum Gasteiger partial charge on any atom is -0.467 e. The predicted molar refractivity (Wildman–Crippen MR) is 87.1 cm³/mol. The van der Waals surface area contributed by atoms with Crippen LogP contribution in [0.5, 0.6) is 0 Å². The zero-order valence-electron chi connectivity index (χ0n) is 13.4. The highest BCUT2D eigenvalue weighted by Gasteiger charge is 2.30. The highest BCUT2D eigenvalue weighted by Crippen LogP contribution is 2.18. The van der Waals surface area contributed by atoms with Crippen molar-refractivity contribution in [1.82, 2.24) is 9.80 Å². The lowest BCUT2D eigenvalue weighted by Gasteiger charge is -2.30. The van der Waals surface area contributed by atoms with Gasteiger partial charge >= 0.3 is 5.97 Å². The molecular formula is C13H24N2O4S2. The second-order valence-electron chi connectivity index (χ2n) is 4.57. The van der Waals surface area contributed by atoms with Crippen LogP contribution in [-0.2, 0) is 19.1 Å². The average molecular weight is 336 g/mol. The van der Waals surface area contributed by atoms with Gasteiger partial charge in [0.1, 0.15) is 12.1 Å². The number of carbonyl (C=O) groups is 3. The van der Waals surface area contributed by atoms with Crippen molar-refractivity contribution in [3.63, 3.8) is 0 Å². The number of carbonyl (C=O) groups excluding carboxylic acids is 3. The number of hydrogen-bond donors (Lipinski definition) is 0. The van der Waals surface area contributed by atoms with E-state index in [0.717, 1.165) is 0 Å². The van der Waals surface area contributed by atoms with Gasteiger partial charge in [-0.25, -0.2) is 4.79 Å². The highest BCUT2D eigenvalue weighted by atomic mass is 33.1. The summed E-state index contributed by atoms with van der Waals surface area (Å²) in [6.07, 6.45) is 2.34. The molecule has 0 aromatic rings. The number of methoxy groups -OCH3 is 1. The van der Waals surface area contributed by atoms with Crippen LogP contribution in [0.3, 0.4) is 0 Å². The molecule has 2 unspecified atom stereocenters. The molecule has 0 saturated carbocycles. The maximum absolute atomic E-state index is 12.3. The Kier molecular flexibility index (Phi) is 9.52. The van der Waals surface area contributed by atoms with E-state index in [2.05, 4.69) is 4.74 Å². The van der Waals surface area contributed by atoms with Crippen LogP contribution in [0.15, 0.2) is 0 Å². The van der Waals surface area contributed by atoms with Crippen LogP contribution in [0.4, 0.5) is 0 Å². The van der Waals surface area contributed by atoms with Crippen molar-refractivity contribution in [3.8, 4) is 0 Å². The SMILES string of the molecule is COC(=O)C(C)N(C)C(=O)C(C)N(C)C(=O)CCSSC. The van der Waals surface area contributed by atoms with Gasteiger partial charge in [0.05, 0.1) is 7.11 Å². The fraction of sp³-hybridized carbons (Fsp3) is 0.769. The monoisotopic (exact) mass is 336 g/mol.